The molecule has 0 saturated carbocycles. The molecule has 0 radical (unpaired) electrons. The molecule has 1 aliphatic heterocycles. The van der Waals surface area contributed by atoms with Gasteiger partial charge in [0, 0.05) is 18.4 Å². The molecule has 2 atom stereocenters. The van der Waals surface area contributed by atoms with Gasteiger partial charge in [-0.3, -0.25) is 9.59 Å². The van der Waals surface area contributed by atoms with Crippen molar-refractivity contribution in [3.63, 3.8) is 0 Å². The second-order valence-corrected chi connectivity index (χ2v) is 7.76. The molecule has 0 amide bonds. The molecule has 5 nitrogen and oxygen atoms in total. The van der Waals surface area contributed by atoms with E-state index in [1.54, 1.807) is 13.8 Å². The number of esters is 2. The lowest BCUT2D eigenvalue weighted by Crippen LogP contribution is -2.44. The van der Waals surface area contributed by atoms with Crippen LogP contribution in [0.5, 0.6) is 0 Å². The van der Waals surface area contributed by atoms with Gasteiger partial charge in [0.15, 0.2) is 0 Å². The third-order valence-electron chi connectivity index (χ3n) is 4.26. The number of allylic oxidation sites excluding steroid dienone is 1. The van der Waals surface area contributed by atoms with Crippen molar-refractivity contribution in [1.29, 1.82) is 0 Å². The summed E-state index contributed by atoms with van der Waals surface area (Å²) in [4.78, 5) is 24.3. The minimum atomic E-state index is -0.845. The van der Waals surface area contributed by atoms with Crippen LogP contribution in [0.4, 0.5) is 0 Å². The van der Waals surface area contributed by atoms with Crippen molar-refractivity contribution in [3.05, 3.63) is 11.6 Å². The molecule has 1 fully saturated rings. The van der Waals surface area contributed by atoms with Crippen LogP contribution in [0.3, 0.4) is 0 Å². The van der Waals surface area contributed by atoms with E-state index in [1.807, 2.05) is 33.8 Å². The zero-order valence-electron chi connectivity index (χ0n) is 15.1. The summed E-state index contributed by atoms with van der Waals surface area (Å²) in [5.41, 5.74) is -0.484. The first-order valence-corrected chi connectivity index (χ1v) is 8.18. The van der Waals surface area contributed by atoms with E-state index in [2.05, 4.69) is 0 Å². The van der Waals surface area contributed by atoms with Crippen molar-refractivity contribution < 1.29 is 24.2 Å². The molecule has 5 heteroatoms. The molecular weight excluding hydrogens is 296 g/mol. The first kappa shape index (κ1) is 19.7. The van der Waals surface area contributed by atoms with Gasteiger partial charge >= 0.3 is 11.9 Å². The van der Waals surface area contributed by atoms with E-state index >= 15 is 0 Å². The van der Waals surface area contributed by atoms with Crippen molar-refractivity contribution in [2.45, 2.75) is 72.5 Å². The Morgan fingerprint density at radius 2 is 2.09 bits per heavy atom. The summed E-state index contributed by atoms with van der Waals surface area (Å²) < 4.78 is 11.1. The Morgan fingerprint density at radius 1 is 1.48 bits per heavy atom. The van der Waals surface area contributed by atoms with Gasteiger partial charge in [0.25, 0.3) is 0 Å². The van der Waals surface area contributed by atoms with Crippen LogP contribution >= 0.6 is 0 Å². The van der Waals surface area contributed by atoms with Crippen LogP contribution in [0.25, 0.3) is 0 Å². The fourth-order valence-electron chi connectivity index (χ4n) is 2.65. The minimum absolute atomic E-state index is 0.125. The van der Waals surface area contributed by atoms with E-state index in [1.165, 1.54) is 0 Å². The highest BCUT2D eigenvalue weighted by atomic mass is 16.6. The molecule has 0 aromatic carbocycles. The third kappa shape index (κ3) is 5.34. The van der Waals surface area contributed by atoms with E-state index in [4.69, 9.17) is 9.47 Å². The normalized spacial score (nSPS) is 22.6. The van der Waals surface area contributed by atoms with Crippen molar-refractivity contribution in [2.75, 3.05) is 6.61 Å². The lowest BCUT2D eigenvalue weighted by Gasteiger charge is -2.35. The van der Waals surface area contributed by atoms with Crippen molar-refractivity contribution in [2.24, 2.45) is 11.3 Å². The van der Waals surface area contributed by atoms with E-state index in [-0.39, 0.29) is 18.5 Å². The van der Waals surface area contributed by atoms with Crippen LogP contribution in [-0.4, -0.2) is 35.4 Å². The number of hydrogen-bond donors (Lipinski definition) is 1. The highest BCUT2D eigenvalue weighted by Gasteiger charge is 2.41. The van der Waals surface area contributed by atoms with Crippen molar-refractivity contribution >= 4 is 11.9 Å². The maximum Gasteiger partial charge on any atom is 0.313 e. The van der Waals surface area contributed by atoms with Gasteiger partial charge < -0.3 is 14.6 Å². The molecule has 0 aliphatic carbocycles. The summed E-state index contributed by atoms with van der Waals surface area (Å²) in [7, 11) is 0. The summed E-state index contributed by atoms with van der Waals surface area (Å²) in [6, 6.07) is 0. The predicted octanol–water partition coefficient (Wildman–Crippen LogP) is 3.00. The molecule has 1 saturated heterocycles. The minimum Gasteiger partial charge on any atom is -0.458 e. The Labute approximate surface area is 139 Å². The van der Waals surface area contributed by atoms with Crippen molar-refractivity contribution in [1.82, 2.24) is 0 Å². The Hall–Kier alpha value is -1.36. The molecular formula is C18H30O5. The molecule has 2 unspecified atom stereocenters. The van der Waals surface area contributed by atoms with Gasteiger partial charge in [-0.15, -0.1) is 0 Å². The third-order valence-corrected chi connectivity index (χ3v) is 4.26. The lowest BCUT2D eigenvalue weighted by molar-refractivity contribution is -0.181. The van der Waals surface area contributed by atoms with Gasteiger partial charge in [-0.25, -0.2) is 0 Å². The van der Waals surface area contributed by atoms with Gasteiger partial charge in [-0.05, 0) is 40.5 Å². The number of aliphatic hydroxyl groups is 1. The second-order valence-electron chi connectivity index (χ2n) is 7.76. The molecule has 1 heterocycles. The second kappa shape index (κ2) is 7.47. The van der Waals surface area contributed by atoms with Crippen LogP contribution in [0.1, 0.15) is 60.8 Å². The lowest BCUT2D eigenvalue weighted by atomic mass is 9.78. The van der Waals surface area contributed by atoms with Gasteiger partial charge in [0.2, 0.25) is 0 Å². The molecule has 0 spiro atoms. The number of ether oxygens (including phenoxy) is 2. The molecule has 1 rings (SSSR count). The number of aliphatic hydroxyl groups excluding tert-OH is 1. The van der Waals surface area contributed by atoms with Crippen LogP contribution < -0.4 is 0 Å². The summed E-state index contributed by atoms with van der Waals surface area (Å²) in [5.74, 6) is -1.20. The average molecular weight is 326 g/mol. The average Bonchev–Trinajstić information content (AvgIpc) is 2.54. The number of carbonyl (C=O) groups excluding carboxylic acids is 2. The van der Waals surface area contributed by atoms with Gasteiger partial charge in [-0.1, -0.05) is 25.5 Å². The Bertz CT molecular complexity index is 472. The summed E-state index contributed by atoms with van der Waals surface area (Å²) in [6.07, 6.45) is 2.91. The molecule has 132 valence electrons. The monoisotopic (exact) mass is 326 g/mol. The number of rotatable bonds is 5. The largest absolute Gasteiger partial charge is 0.458 e. The zero-order chi connectivity index (χ0) is 17.8. The molecule has 0 bridgehead atoms. The fraction of sp³-hybridized carbons (Fsp3) is 0.778. The molecule has 23 heavy (non-hydrogen) atoms. The summed E-state index contributed by atoms with van der Waals surface area (Å²) in [5, 5.41) is 9.61. The maximum absolute atomic E-state index is 12.7. The van der Waals surface area contributed by atoms with Gasteiger partial charge in [0.05, 0.1) is 5.92 Å². The standard InChI is InChI=1S/C18H30O5/c1-12(2)10-13(17(3,4)11-19)16(21)22-14-8-7-9-15(20)23-18(14,5)6/h10,13-14,19H,7-9,11H2,1-6H3. The molecule has 1 aliphatic rings. The van der Waals surface area contributed by atoms with E-state index < -0.39 is 23.0 Å². The summed E-state index contributed by atoms with van der Waals surface area (Å²) in [6.45, 7) is 10.9. The SMILES string of the molecule is CC(C)=CC(C(=O)OC1CCCC(=O)OC1(C)C)C(C)(C)CO. The Balaban J connectivity index is 2.97. The maximum atomic E-state index is 12.7. The first-order chi connectivity index (χ1) is 10.5. The molecule has 1 N–H and O–H groups in total. The number of hydrogen-bond acceptors (Lipinski definition) is 5. The van der Waals surface area contributed by atoms with Gasteiger partial charge in [0.1, 0.15) is 11.7 Å². The van der Waals surface area contributed by atoms with Crippen molar-refractivity contribution in [3.8, 4) is 0 Å². The number of cyclic esters (lactones) is 1. The van der Waals surface area contributed by atoms with E-state index in [9.17, 15) is 14.7 Å². The van der Waals surface area contributed by atoms with E-state index in [0.29, 0.717) is 19.3 Å². The van der Waals surface area contributed by atoms with Gasteiger partial charge in [-0.2, -0.15) is 0 Å². The van der Waals surface area contributed by atoms with Crippen LogP contribution in [0.15, 0.2) is 11.6 Å². The molecule has 0 aromatic rings. The Morgan fingerprint density at radius 3 is 2.61 bits per heavy atom. The first-order valence-electron chi connectivity index (χ1n) is 8.18. The highest BCUT2D eigenvalue weighted by Crippen LogP contribution is 2.33. The van der Waals surface area contributed by atoms with Crippen LogP contribution in [0, 0.1) is 11.3 Å². The van der Waals surface area contributed by atoms with E-state index in [0.717, 1.165) is 5.57 Å². The van der Waals surface area contributed by atoms with Crippen LogP contribution in [0.2, 0.25) is 0 Å². The van der Waals surface area contributed by atoms with Crippen LogP contribution in [-0.2, 0) is 19.1 Å². The Kier molecular flexibility index (Phi) is 6.40. The fourth-order valence-corrected chi connectivity index (χ4v) is 2.65. The molecule has 0 aromatic heterocycles. The number of carbonyl (C=O) groups is 2. The predicted molar refractivity (Wildman–Crippen MR) is 87.7 cm³/mol. The topological polar surface area (TPSA) is 72.8 Å². The smallest absolute Gasteiger partial charge is 0.313 e. The zero-order valence-corrected chi connectivity index (χ0v) is 15.1. The quantitative estimate of drug-likeness (QED) is 0.621. The summed E-state index contributed by atoms with van der Waals surface area (Å²) >= 11 is 0. The highest BCUT2D eigenvalue weighted by molar-refractivity contribution is 5.76.